The molecule has 0 heterocycles. The maximum atomic E-state index is 12.9. The number of amides is 2. The second-order valence-corrected chi connectivity index (χ2v) is 5.33. The van der Waals surface area contributed by atoms with Crippen LogP contribution in [0.3, 0.4) is 0 Å². The van der Waals surface area contributed by atoms with Crippen molar-refractivity contribution in [3.05, 3.63) is 77.1 Å². The lowest BCUT2D eigenvalue weighted by molar-refractivity contribution is -0.116. The molecular formula is C19H19FN2O2. The highest BCUT2D eigenvalue weighted by Gasteiger charge is 2.05. The van der Waals surface area contributed by atoms with Gasteiger partial charge in [0, 0.05) is 25.2 Å². The van der Waals surface area contributed by atoms with Gasteiger partial charge in [-0.05, 0) is 47.9 Å². The molecule has 0 bridgehead atoms. The first-order valence-electron chi connectivity index (χ1n) is 7.52. The van der Waals surface area contributed by atoms with Gasteiger partial charge >= 0.3 is 0 Å². The summed E-state index contributed by atoms with van der Waals surface area (Å²) in [5.74, 6) is -0.732. The number of allylic oxidation sites excluding steroid dienone is 1. The molecule has 0 aromatic heterocycles. The van der Waals surface area contributed by atoms with Crippen LogP contribution >= 0.6 is 0 Å². The molecule has 2 amide bonds. The van der Waals surface area contributed by atoms with Crippen LogP contribution < -0.4 is 10.6 Å². The van der Waals surface area contributed by atoms with Gasteiger partial charge in [-0.25, -0.2) is 4.39 Å². The molecule has 2 aromatic carbocycles. The summed E-state index contributed by atoms with van der Waals surface area (Å²) in [5.41, 5.74) is 2.90. The standard InChI is InChI=1S/C19H19FN2O2/c1-13(15-6-8-17(20)9-7-15)10-18(23)22-12-14-4-3-5-16(11-14)19(24)21-2/h3-11H,12H2,1-2H3,(H,21,24)(H,22,23)/b13-10+. The van der Waals surface area contributed by atoms with Gasteiger partial charge in [0.25, 0.3) is 5.91 Å². The van der Waals surface area contributed by atoms with E-state index in [1.807, 2.05) is 6.07 Å². The lowest BCUT2D eigenvalue weighted by Gasteiger charge is -2.06. The van der Waals surface area contributed by atoms with E-state index in [2.05, 4.69) is 10.6 Å². The highest BCUT2D eigenvalue weighted by Crippen LogP contribution is 2.14. The molecule has 0 radical (unpaired) electrons. The summed E-state index contributed by atoms with van der Waals surface area (Å²) in [7, 11) is 1.57. The van der Waals surface area contributed by atoms with Gasteiger partial charge < -0.3 is 10.6 Å². The van der Waals surface area contributed by atoms with Crippen LogP contribution in [0.15, 0.2) is 54.6 Å². The van der Waals surface area contributed by atoms with Crippen molar-refractivity contribution in [2.45, 2.75) is 13.5 Å². The number of carbonyl (C=O) groups is 2. The van der Waals surface area contributed by atoms with E-state index >= 15 is 0 Å². The fourth-order valence-corrected chi connectivity index (χ4v) is 2.20. The van der Waals surface area contributed by atoms with Gasteiger partial charge in [-0.15, -0.1) is 0 Å². The summed E-state index contributed by atoms with van der Waals surface area (Å²) < 4.78 is 12.9. The SMILES string of the molecule is CNC(=O)c1cccc(CNC(=O)/C=C(\C)c2ccc(F)cc2)c1. The van der Waals surface area contributed by atoms with Crippen molar-refractivity contribution < 1.29 is 14.0 Å². The predicted molar refractivity (Wildman–Crippen MR) is 91.7 cm³/mol. The number of rotatable bonds is 5. The summed E-state index contributed by atoms with van der Waals surface area (Å²) in [5, 5.41) is 5.33. The van der Waals surface area contributed by atoms with Crippen LogP contribution in [0.25, 0.3) is 5.57 Å². The summed E-state index contributed by atoms with van der Waals surface area (Å²) >= 11 is 0. The monoisotopic (exact) mass is 326 g/mol. The number of carbonyl (C=O) groups excluding carboxylic acids is 2. The zero-order valence-corrected chi connectivity index (χ0v) is 13.6. The highest BCUT2D eigenvalue weighted by molar-refractivity contribution is 5.95. The molecule has 2 N–H and O–H groups in total. The number of hydrogen-bond donors (Lipinski definition) is 2. The van der Waals surface area contributed by atoms with Gasteiger partial charge in [0.1, 0.15) is 5.82 Å². The van der Waals surface area contributed by atoms with Crippen LogP contribution in [0.4, 0.5) is 4.39 Å². The Hall–Kier alpha value is -2.95. The Bertz CT molecular complexity index is 767. The molecule has 0 saturated heterocycles. The van der Waals surface area contributed by atoms with Gasteiger partial charge in [0.05, 0.1) is 0 Å². The molecule has 0 aliphatic rings. The van der Waals surface area contributed by atoms with Gasteiger partial charge in [-0.2, -0.15) is 0 Å². The molecule has 0 saturated carbocycles. The van der Waals surface area contributed by atoms with E-state index in [0.717, 1.165) is 16.7 Å². The molecule has 124 valence electrons. The largest absolute Gasteiger partial charge is 0.355 e. The van der Waals surface area contributed by atoms with E-state index in [1.165, 1.54) is 18.2 Å². The van der Waals surface area contributed by atoms with Crippen molar-refractivity contribution in [2.24, 2.45) is 0 Å². The minimum atomic E-state index is -0.313. The second-order valence-electron chi connectivity index (χ2n) is 5.33. The van der Waals surface area contributed by atoms with Crippen molar-refractivity contribution >= 4 is 17.4 Å². The zero-order valence-electron chi connectivity index (χ0n) is 13.6. The third kappa shape index (κ3) is 4.78. The minimum absolute atomic E-state index is 0.171. The van der Waals surface area contributed by atoms with E-state index in [4.69, 9.17) is 0 Å². The molecule has 24 heavy (non-hydrogen) atoms. The van der Waals surface area contributed by atoms with E-state index in [9.17, 15) is 14.0 Å². The number of halogens is 1. The van der Waals surface area contributed by atoms with Gasteiger partial charge in [0.2, 0.25) is 5.91 Å². The quantitative estimate of drug-likeness (QED) is 0.830. The van der Waals surface area contributed by atoms with Crippen LogP contribution in [0.5, 0.6) is 0 Å². The Morgan fingerprint density at radius 2 is 1.79 bits per heavy atom. The van der Waals surface area contributed by atoms with Crippen LogP contribution in [0, 0.1) is 5.82 Å². The van der Waals surface area contributed by atoms with Crippen molar-refractivity contribution in [1.29, 1.82) is 0 Å². The molecule has 0 fully saturated rings. The van der Waals surface area contributed by atoms with E-state index in [-0.39, 0.29) is 17.6 Å². The third-order valence-corrected chi connectivity index (χ3v) is 3.53. The highest BCUT2D eigenvalue weighted by atomic mass is 19.1. The van der Waals surface area contributed by atoms with E-state index in [1.54, 1.807) is 44.3 Å². The summed E-state index contributed by atoms with van der Waals surface area (Å²) in [6.07, 6.45) is 1.47. The number of benzene rings is 2. The Labute approximate surface area is 140 Å². The van der Waals surface area contributed by atoms with Crippen molar-refractivity contribution in [2.75, 3.05) is 7.05 Å². The first-order chi connectivity index (χ1) is 11.5. The van der Waals surface area contributed by atoms with Gasteiger partial charge in [-0.3, -0.25) is 9.59 Å². The lowest BCUT2D eigenvalue weighted by atomic mass is 10.1. The molecular weight excluding hydrogens is 307 g/mol. The van der Waals surface area contributed by atoms with Gasteiger partial charge in [0.15, 0.2) is 0 Å². The van der Waals surface area contributed by atoms with Crippen molar-refractivity contribution in [3.63, 3.8) is 0 Å². The minimum Gasteiger partial charge on any atom is -0.355 e. The molecule has 0 atom stereocenters. The second kappa shape index (κ2) is 8.06. The number of hydrogen-bond acceptors (Lipinski definition) is 2. The van der Waals surface area contributed by atoms with Crippen LogP contribution in [0.1, 0.15) is 28.4 Å². The Morgan fingerprint density at radius 3 is 2.46 bits per heavy atom. The Morgan fingerprint density at radius 1 is 1.08 bits per heavy atom. The topological polar surface area (TPSA) is 58.2 Å². The lowest BCUT2D eigenvalue weighted by Crippen LogP contribution is -2.21. The number of nitrogens with one attached hydrogen (secondary N) is 2. The van der Waals surface area contributed by atoms with Crippen molar-refractivity contribution in [3.8, 4) is 0 Å². The summed E-state index contributed by atoms with van der Waals surface area (Å²) in [6, 6.07) is 13.0. The van der Waals surface area contributed by atoms with Crippen molar-refractivity contribution in [1.82, 2.24) is 10.6 Å². The molecule has 2 aromatic rings. The first-order valence-corrected chi connectivity index (χ1v) is 7.52. The Balaban J connectivity index is 1.99. The zero-order chi connectivity index (χ0) is 17.5. The summed E-state index contributed by atoms with van der Waals surface area (Å²) in [4.78, 5) is 23.6. The summed E-state index contributed by atoms with van der Waals surface area (Å²) in [6.45, 7) is 2.11. The van der Waals surface area contributed by atoms with E-state index in [0.29, 0.717) is 12.1 Å². The normalized spacial score (nSPS) is 11.0. The molecule has 2 rings (SSSR count). The average Bonchev–Trinajstić information content (AvgIpc) is 2.60. The smallest absolute Gasteiger partial charge is 0.251 e. The van der Waals surface area contributed by atoms with Crippen LogP contribution in [-0.2, 0) is 11.3 Å². The Kier molecular flexibility index (Phi) is 5.84. The molecule has 0 unspecified atom stereocenters. The van der Waals surface area contributed by atoms with E-state index < -0.39 is 0 Å². The maximum Gasteiger partial charge on any atom is 0.251 e. The molecule has 0 aliphatic carbocycles. The predicted octanol–water partition coefficient (Wildman–Crippen LogP) is 2.91. The van der Waals surface area contributed by atoms with Crippen LogP contribution in [0.2, 0.25) is 0 Å². The van der Waals surface area contributed by atoms with Gasteiger partial charge in [-0.1, -0.05) is 24.3 Å². The fourth-order valence-electron chi connectivity index (χ4n) is 2.20. The molecule has 5 heteroatoms. The fraction of sp³-hybridized carbons (Fsp3) is 0.158. The van der Waals surface area contributed by atoms with Crippen LogP contribution in [-0.4, -0.2) is 18.9 Å². The molecule has 0 spiro atoms. The maximum absolute atomic E-state index is 12.9. The first kappa shape index (κ1) is 17.4. The molecule has 0 aliphatic heterocycles. The molecule has 4 nitrogen and oxygen atoms in total. The average molecular weight is 326 g/mol. The third-order valence-electron chi connectivity index (χ3n) is 3.53.